The molecular formula is C22H35FN4O2+2. The first kappa shape index (κ1) is 21.7. The van der Waals surface area contributed by atoms with Gasteiger partial charge in [0.1, 0.15) is 32.0 Å². The Labute approximate surface area is 172 Å². The molecule has 4 N–H and O–H groups in total. The topological polar surface area (TPSA) is 67.1 Å². The van der Waals surface area contributed by atoms with Crippen LogP contribution in [0.5, 0.6) is 0 Å². The van der Waals surface area contributed by atoms with Crippen LogP contribution in [0.4, 0.5) is 10.1 Å². The lowest BCUT2D eigenvalue weighted by Gasteiger charge is -2.34. The molecule has 1 saturated carbocycles. The molecule has 1 aromatic rings. The maximum atomic E-state index is 13.0. The van der Waals surface area contributed by atoms with Crippen molar-refractivity contribution in [3.8, 4) is 0 Å². The largest absolute Gasteiger partial charge is 0.348 e. The Hall–Kier alpha value is -1.99. The Kier molecular flexibility index (Phi) is 7.61. The number of piperazine rings is 1. The Bertz CT molecular complexity index is 689. The van der Waals surface area contributed by atoms with E-state index < -0.39 is 0 Å². The Morgan fingerprint density at radius 2 is 1.76 bits per heavy atom. The second kappa shape index (κ2) is 10.2. The predicted octanol–water partition coefficient (Wildman–Crippen LogP) is -0.369. The number of rotatable bonds is 6. The highest BCUT2D eigenvalue weighted by Gasteiger charge is 2.33. The molecular weight excluding hydrogens is 371 g/mol. The molecule has 2 fully saturated rings. The lowest BCUT2D eigenvalue weighted by atomic mass is 9.86. The molecule has 0 aromatic heterocycles. The number of hydrogen-bond acceptors (Lipinski definition) is 2. The average Bonchev–Trinajstić information content (AvgIpc) is 2.71. The zero-order valence-electron chi connectivity index (χ0n) is 17.6. The lowest BCUT2D eigenvalue weighted by Crippen LogP contribution is -3.30. The highest BCUT2D eigenvalue weighted by atomic mass is 19.1. The van der Waals surface area contributed by atoms with E-state index in [9.17, 15) is 14.0 Å². The maximum Gasteiger partial charge on any atom is 0.279 e. The van der Waals surface area contributed by atoms with E-state index in [1.807, 2.05) is 6.92 Å². The quantitative estimate of drug-likeness (QED) is 0.521. The molecule has 0 bridgehead atoms. The summed E-state index contributed by atoms with van der Waals surface area (Å²) >= 11 is 0. The van der Waals surface area contributed by atoms with Gasteiger partial charge >= 0.3 is 0 Å². The average molecular weight is 407 g/mol. The summed E-state index contributed by atoms with van der Waals surface area (Å²) in [4.78, 5) is 27.5. The zero-order chi connectivity index (χ0) is 20.8. The summed E-state index contributed by atoms with van der Waals surface area (Å²) in [5.41, 5.74) is 0.613. The summed E-state index contributed by atoms with van der Waals surface area (Å²) in [5.74, 6) is 0.350. The van der Waals surface area contributed by atoms with Crippen molar-refractivity contribution in [2.24, 2.45) is 5.92 Å². The first-order chi connectivity index (χ1) is 13.9. The van der Waals surface area contributed by atoms with Gasteiger partial charge < -0.3 is 20.4 Å². The van der Waals surface area contributed by atoms with Gasteiger partial charge in [-0.05, 0) is 49.9 Å². The fourth-order valence-corrected chi connectivity index (χ4v) is 4.52. The van der Waals surface area contributed by atoms with Gasteiger partial charge in [-0.3, -0.25) is 9.59 Å². The summed E-state index contributed by atoms with van der Waals surface area (Å²) in [5, 5.41) is 6.10. The van der Waals surface area contributed by atoms with Crippen LogP contribution in [-0.4, -0.2) is 56.6 Å². The first-order valence-electron chi connectivity index (χ1n) is 11.0. The number of amides is 2. The molecule has 1 aliphatic heterocycles. The predicted molar refractivity (Wildman–Crippen MR) is 110 cm³/mol. The van der Waals surface area contributed by atoms with Gasteiger partial charge in [-0.2, -0.15) is 0 Å². The fourth-order valence-electron chi connectivity index (χ4n) is 4.52. The fraction of sp³-hybridized carbons (Fsp3) is 0.636. The molecule has 7 heteroatoms. The standard InChI is InChI=1S/C22H33FN4O2/c1-16-5-3-4-6-20(16)25-22(29)17(2)27-13-11-26(12-14-27)15-21(28)24-19-9-7-18(23)8-10-19/h7-10,16-17,20H,3-6,11-15H2,1-2H3,(H,24,28)(H,25,29)/p+2/t16-,17-,20-/m1/s1. The molecule has 1 heterocycles. The Balaban J connectivity index is 1.40. The summed E-state index contributed by atoms with van der Waals surface area (Å²) in [7, 11) is 0. The minimum atomic E-state index is -0.316. The number of benzene rings is 1. The number of anilines is 1. The lowest BCUT2D eigenvalue weighted by molar-refractivity contribution is -1.01. The normalized spacial score (nSPS) is 28.4. The Morgan fingerprint density at radius 1 is 1.10 bits per heavy atom. The van der Waals surface area contributed by atoms with Crippen LogP contribution >= 0.6 is 0 Å². The number of hydrogen-bond donors (Lipinski definition) is 4. The van der Waals surface area contributed by atoms with Gasteiger partial charge in [0.05, 0.1) is 0 Å². The first-order valence-corrected chi connectivity index (χ1v) is 11.0. The molecule has 1 aromatic carbocycles. The molecule has 0 unspecified atom stereocenters. The van der Waals surface area contributed by atoms with E-state index in [2.05, 4.69) is 17.6 Å². The van der Waals surface area contributed by atoms with Crippen molar-refractivity contribution >= 4 is 17.5 Å². The third-order valence-electron chi connectivity index (χ3n) is 6.58. The smallest absolute Gasteiger partial charge is 0.279 e. The molecule has 1 aliphatic carbocycles. The number of halogens is 1. The molecule has 6 nitrogen and oxygen atoms in total. The molecule has 2 amide bonds. The highest BCUT2D eigenvalue weighted by Crippen LogP contribution is 2.23. The molecule has 3 rings (SSSR count). The minimum absolute atomic E-state index is 0.0567. The van der Waals surface area contributed by atoms with Gasteiger partial charge in [-0.25, -0.2) is 4.39 Å². The van der Waals surface area contributed by atoms with Gasteiger partial charge in [-0.1, -0.05) is 19.8 Å². The van der Waals surface area contributed by atoms with Crippen LogP contribution in [0.1, 0.15) is 39.5 Å². The van der Waals surface area contributed by atoms with Crippen LogP contribution in [-0.2, 0) is 9.59 Å². The zero-order valence-corrected chi connectivity index (χ0v) is 17.6. The van der Waals surface area contributed by atoms with E-state index in [-0.39, 0.29) is 23.7 Å². The van der Waals surface area contributed by atoms with Crippen molar-refractivity contribution in [3.05, 3.63) is 30.1 Å². The molecule has 160 valence electrons. The van der Waals surface area contributed by atoms with E-state index in [0.717, 1.165) is 32.6 Å². The van der Waals surface area contributed by atoms with E-state index in [4.69, 9.17) is 0 Å². The minimum Gasteiger partial charge on any atom is -0.348 e. The molecule has 1 saturated heterocycles. The van der Waals surface area contributed by atoms with Crippen LogP contribution < -0.4 is 20.4 Å². The molecule has 2 aliphatic rings. The van der Waals surface area contributed by atoms with E-state index in [1.54, 1.807) is 12.1 Å². The van der Waals surface area contributed by atoms with Crippen LogP contribution in [0.15, 0.2) is 24.3 Å². The Morgan fingerprint density at radius 3 is 2.41 bits per heavy atom. The van der Waals surface area contributed by atoms with Crippen molar-refractivity contribution in [1.82, 2.24) is 5.32 Å². The molecule has 3 atom stereocenters. The van der Waals surface area contributed by atoms with Crippen LogP contribution in [0.3, 0.4) is 0 Å². The monoisotopic (exact) mass is 406 g/mol. The summed E-state index contributed by atoms with van der Waals surface area (Å²) in [6.45, 7) is 8.14. The van der Waals surface area contributed by atoms with E-state index in [0.29, 0.717) is 24.2 Å². The van der Waals surface area contributed by atoms with Crippen molar-refractivity contribution in [2.75, 3.05) is 38.0 Å². The third kappa shape index (κ3) is 6.24. The van der Waals surface area contributed by atoms with Crippen LogP contribution in [0.2, 0.25) is 0 Å². The van der Waals surface area contributed by atoms with Gasteiger partial charge in [0.2, 0.25) is 0 Å². The number of carbonyl (C=O) groups excluding carboxylic acids is 2. The number of nitrogens with one attached hydrogen (secondary N) is 4. The van der Waals surface area contributed by atoms with Gasteiger partial charge in [-0.15, -0.1) is 0 Å². The summed E-state index contributed by atoms with van der Waals surface area (Å²) in [6, 6.07) is 6.07. The third-order valence-corrected chi connectivity index (χ3v) is 6.58. The molecule has 0 spiro atoms. The number of carbonyl (C=O) groups is 2. The van der Waals surface area contributed by atoms with E-state index in [1.165, 1.54) is 41.2 Å². The second-order valence-corrected chi connectivity index (χ2v) is 8.74. The summed E-state index contributed by atoms with van der Waals surface area (Å²) in [6.07, 6.45) is 4.77. The van der Waals surface area contributed by atoms with Crippen molar-refractivity contribution in [3.63, 3.8) is 0 Å². The number of quaternary nitrogens is 2. The second-order valence-electron chi connectivity index (χ2n) is 8.74. The maximum absolute atomic E-state index is 13.0. The molecule has 0 radical (unpaired) electrons. The molecule has 29 heavy (non-hydrogen) atoms. The van der Waals surface area contributed by atoms with Gasteiger partial charge in [0, 0.05) is 11.7 Å². The van der Waals surface area contributed by atoms with Crippen molar-refractivity contribution in [2.45, 2.75) is 51.6 Å². The summed E-state index contributed by atoms with van der Waals surface area (Å²) < 4.78 is 13.0. The van der Waals surface area contributed by atoms with Crippen LogP contribution in [0, 0.1) is 11.7 Å². The highest BCUT2D eigenvalue weighted by molar-refractivity contribution is 5.91. The van der Waals surface area contributed by atoms with E-state index >= 15 is 0 Å². The SMILES string of the molecule is C[C@@H]1CCCC[C@H]1NC(=O)[C@@H](C)[NH+]1CC[NH+](CC(=O)Nc2ccc(F)cc2)CC1. The van der Waals surface area contributed by atoms with Crippen molar-refractivity contribution in [1.29, 1.82) is 0 Å². The van der Waals surface area contributed by atoms with Gasteiger partial charge in [0.25, 0.3) is 11.8 Å². The van der Waals surface area contributed by atoms with Crippen LogP contribution in [0.25, 0.3) is 0 Å². The van der Waals surface area contributed by atoms with Gasteiger partial charge in [0.15, 0.2) is 12.6 Å². The van der Waals surface area contributed by atoms with Crippen molar-refractivity contribution < 1.29 is 23.8 Å².